The summed E-state index contributed by atoms with van der Waals surface area (Å²) in [6.07, 6.45) is 1.80. The van der Waals surface area contributed by atoms with Crippen molar-refractivity contribution in [2.75, 3.05) is 5.43 Å². The number of hydrazine groups is 1. The number of nitrogens with one attached hydrogen (secondary N) is 1. The Bertz CT molecular complexity index is 398. The van der Waals surface area contributed by atoms with E-state index >= 15 is 0 Å². The van der Waals surface area contributed by atoms with Gasteiger partial charge in [0.05, 0.1) is 0 Å². The number of benzene rings is 1. The predicted octanol–water partition coefficient (Wildman–Crippen LogP) is 1.52. The molecule has 12 heavy (non-hydrogen) atoms. The van der Waals surface area contributed by atoms with Gasteiger partial charge in [-0.1, -0.05) is 24.3 Å². The molecule has 0 aliphatic heterocycles. The van der Waals surface area contributed by atoms with Gasteiger partial charge in [-0.15, -0.1) is 0 Å². The van der Waals surface area contributed by atoms with Crippen LogP contribution >= 0.6 is 0 Å². The molecule has 3 heteroatoms. The van der Waals surface area contributed by atoms with E-state index in [4.69, 9.17) is 5.84 Å². The van der Waals surface area contributed by atoms with Crippen LogP contribution in [0.1, 0.15) is 0 Å². The molecule has 2 aromatic rings. The zero-order valence-electron chi connectivity index (χ0n) is 6.49. The standard InChI is InChI=1S/C9H9N3/c10-12-9-5-7-3-1-2-4-8(7)6-11-9/h1-6H,10H2,(H,11,12). The summed E-state index contributed by atoms with van der Waals surface area (Å²) in [4.78, 5) is 4.09. The second kappa shape index (κ2) is 2.79. The molecule has 0 atom stereocenters. The molecule has 0 radical (unpaired) electrons. The van der Waals surface area contributed by atoms with E-state index in [1.54, 1.807) is 6.20 Å². The van der Waals surface area contributed by atoms with Gasteiger partial charge >= 0.3 is 0 Å². The van der Waals surface area contributed by atoms with Gasteiger partial charge < -0.3 is 5.43 Å². The van der Waals surface area contributed by atoms with Crippen molar-refractivity contribution in [1.29, 1.82) is 0 Å². The Balaban J connectivity index is 2.67. The Kier molecular flexibility index (Phi) is 1.64. The summed E-state index contributed by atoms with van der Waals surface area (Å²) in [6, 6.07) is 9.93. The van der Waals surface area contributed by atoms with E-state index in [-0.39, 0.29) is 0 Å². The number of nitrogens with two attached hydrogens (primary N) is 1. The second-order valence-corrected chi connectivity index (χ2v) is 2.56. The third-order valence-corrected chi connectivity index (χ3v) is 1.78. The van der Waals surface area contributed by atoms with Gasteiger partial charge in [-0.05, 0) is 11.5 Å². The molecule has 0 saturated carbocycles. The lowest BCUT2D eigenvalue weighted by atomic mass is 10.2. The molecule has 0 aliphatic rings. The molecule has 0 amide bonds. The van der Waals surface area contributed by atoms with Crippen LogP contribution in [-0.2, 0) is 0 Å². The highest BCUT2D eigenvalue weighted by molar-refractivity contribution is 5.83. The Labute approximate surface area is 70.2 Å². The highest BCUT2D eigenvalue weighted by atomic mass is 15.2. The van der Waals surface area contributed by atoms with Gasteiger partial charge in [0.1, 0.15) is 5.82 Å². The third-order valence-electron chi connectivity index (χ3n) is 1.78. The topological polar surface area (TPSA) is 50.9 Å². The van der Waals surface area contributed by atoms with E-state index in [2.05, 4.69) is 10.4 Å². The zero-order chi connectivity index (χ0) is 8.39. The fraction of sp³-hybridized carbons (Fsp3) is 0. The van der Waals surface area contributed by atoms with Crippen molar-refractivity contribution >= 4 is 16.6 Å². The lowest BCUT2D eigenvalue weighted by Crippen LogP contribution is -2.07. The van der Waals surface area contributed by atoms with Gasteiger partial charge in [0, 0.05) is 11.6 Å². The van der Waals surface area contributed by atoms with E-state index in [0.29, 0.717) is 5.82 Å². The number of fused-ring (bicyclic) bond motifs is 1. The minimum Gasteiger partial charge on any atom is -0.308 e. The molecule has 3 nitrogen and oxygen atoms in total. The van der Waals surface area contributed by atoms with E-state index in [9.17, 15) is 0 Å². The van der Waals surface area contributed by atoms with Gasteiger partial charge in [-0.3, -0.25) is 0 Å². The molecular formula is C9H9N3. The number of pyridine rings is 1. The third kappa shape index (κ3) is 1.10. The maximum absolute atomic E-state index is 5.23. The molecular weight excluding hydrogens is 150 g/mol. The average molecular weight is 159 g/mol. The minimum absolute atomic E-state index is 0.689. The second-order valence-electron chi connectivity index (χ2n) is 2.56. The van der Waals surface area contributed by atoms with Crippen molar-refractivity contribution < 1.29 is 0 Å². The van der Waals surface area contributed by atoms with Gasteiger partial charge in [-0.2, -0.15) is 0 Å². The number of nitrogens with zero attached hydrogens (tertiary/aromatic N) is 1. The number of hydrogen-bond donors (Lipinski definition) is 2. The van der Waals surface area contributed by atoms with Gasteiger partial charge in [0.25, 0.3) is 0 Å². The number of rotatable bonds is 1. The summed E-state index contributed by atoms with van der Waals surface area (Å²) >= 11 is 0. The first-order valence-electron chi connectivity index (χ1n) is 3.71. The van der Waals surface area contributed by atoms with Crippen molar-refractivity contribution in [2.24, 2.45) is 5.84 Å². The molecule has 1 aromatic heterocycles. The van der Waals surface area contributed by atoms with Gasteiger partial charge in [0.15, 0.2) is 0 Å². The fourth-order valence-electron chi connectivity index (χ4n) is 1.16. The van der Waals surface area contributed by atoms with Crippen LogP contribution < -0.4 is 11.3 Å². The summed E-state index contributed by atoms with van der Waals surface area (Å²) in [5, 5.41) is 2.26. The lowest BCUT2D eigenvalue weighted by molar-refractivity contribution is 1.24. The van der Waals surface area contributed by atoms with Gasteiger partial charge in [0.2, 0.25) is 0 Å². The highest BCUT2D eigenvalue weighted by Gasteiger charge is 1.93. The van der Waals surface area contributed by atoms with E-state index in [0.717, 1.165) is 10.8 Å². The van der Waals surface area contributed by atoms with Crippen LogP contribution in [-0.4, -0.2) is 4.98 Å². The molecule has 1 heterocycles. The smallest absolute Gasteiger partial charge is 0.140 e. The van der Waals surface area contributed by atoms with Crippen LogP contribution in [0.2, 0.25) is 0 Å². The molecule has 60 valence electrons. The number of aromatic nitrogens is 1. The Hall–Kier alpha value is -1.61. The molecule has 0 saturated heterocycles. The maximum atomic E-state index is 5.23. The molecule has 1 aromatic carbocycles. The Morgan fingerprint density at radius 2 is 1.92 bits per heavy atom. The van der Waals surface area contributed by atoms with Crippen LogP contribution in [0.5, 0.6) is 0 Å². The summed E-state index contributed by atoms with van der Waals surface area (Å²) in [5.41, 5.74) is 2.51. The van der Waals surface area contributed by atoms with Crippen LogP contribution in [0.25, 0.3) is 10.8 Å². The first-order chi connectivity index (χ1) is 5.90. The lowest BCUT2D eigenvalue weighted by Gasteiger charge is -2.00. The van der Waals surface area contributed by atoms with Crippen LogP contribution in [0.4, 0.5) is 5.82 Å². The Morgan fingerprint density at radius 3 is 2.67 bits per heavy atom. The van der Waals surface area contributed by atoms with Gasteiger partial charge in [-0.25, -0.2) is 10.8 Å². The van der Waals surface area contributed by atoms with Crippen molar-refractivity contribution in [3.05, 3.63) is 36.5 Å². The van der Waals surface area contributed by atoms with E-state index in [1.165, 1.54) is 0 Å². The van der Waals surface area contributed by atoms with E-state index < -0.39 is 0 Å². The van der Waals surface area contributed by atoms with Crippen LogP contribution in [0.3, 0.4) is 0 Å². The van der Waals surface area contributed by atoms with Crippen molar-refractivity contribution in [3.63, 3.8) is 0 Å². The van der Waals surface area contributed by atoms with Crippen LogP contribution in [0, 0.1) is 0 Å². The van der Waals surface area contributed by atoms with E-state index in [1.807, 2.05) is 30.3 Å². The quantitative estimate of drug-likeness (QED) is 0.490. The molecule has 0 aliphatic carbocycles. The normalized spacial score (nSPS) is 10.1. The fourth-order valence-corrected chi connectivity index (χ4v) is 1.16. The summed E-state index contributed by atoms with van der Waals surface area (Å²) in [7, 11) is 0. The summed E-state index contributed by atoms with van der Waals surface area (Å²) in [6.45, 7) is 0. The predicted molar refractivity (Wildman–Crippen MR) is 49.6 cm³/mol. The molecule has 0 bridgehead atoms. The Morgan fingerprint density at radius 1 is 1.17 bits per heavy atom. The highest BCUT2D eigenvalue weighted by Crippen LogP contribution is 2.14. The molecule has 2 rings (SSSR count). The number of hydrogen-bond acceptors (Lipinski definition) is 3. The van der Waals surface area contributed by atoms with Crippen molar-refractivity contribution in [2.45, 2.75) is 0 Å². The molecule has 0 fully saturated rings. The SMILES string of the molecule is NNc1cc2ccccc2cn1. The number of anilines is 1. The molecule has 3 N–H and O–H groups in total. The zero-order valence-corrected chi connectivity index (χ0v) is 6.49. The molecule has 0 unspecified atom stereocenters. The van der Waals surface area contributed by atoms with Crippen molar-refractivity contribution in [3.8, 4) is 0 Å². The molecule has 0 spiro atoms. The monoisotopic (exact) mass is 159 g/mol. The van der Waals surface area contributed by atoms with Crippen molar-refractivity contribution in [1.82, 2.24) is 4.98 Å². The van der Waals surface area contributed by atoms with Crippen LogP contribution in [0.15, 0.2) is 36.5 Å². The maximum Gasteiger partial charge on any atom is 0.140 e. The minimum atomic E-state index is 0.689. The first kappa shape index (κ1) is 7.06. The number of nitrogen functional groups attached to an aromatic ring is 1. The average Bonchev–Trinajstić information content (AvgIpc) is 2.17. The summed E-state index contributed by atoms with van der Waals surface area (Å²) in [5.74, 6) is 5.92. The summed E-state index contributed by atoms with van der Waals surface area (Å²) < 4.78 is 0. The first-order valence-corrected chi connectivity index (χ1v) is 3.71. The largest absolute Gasteiger partial charge is 0.308 e.